The molecule has 2 heteroatoms. The molecule has 0 saturated heterocycles. The fourth-order valence-electron chi connectivity index (χ4n) is 1.16. The summed E-state index contributed by atoms with van der Waals surface area (Å²) >= 11 is 0. The van der Waals surface area contributed by atoms with Gasteiger partial charge in [0.15, 0.2) is 0 Å². The molecule has 0 bridgehead atoms. The summed E-state index contributed by atoms with van der Waals surface area (Å²) < 4.78 is 14.7. The Kier molecular flexibility index (Phi) is 3.43. The van der Waals surface area contributed by atoms with E-state index in [9.17, 15) is 0 Å². The Labute approximate surface area is 91.5 Å². The van der Waals surface area contributed by atoms with E-state index >= 15 is 0 Å². The van der Waals surface area contributed by atoms with Gasteiger partial charge in [-0.05, 0) is 11.1 Å². The topological polar surface area (TPSA) is 40.9 Å². The second-order valence-electron chi connectivity index (χ2n) is 2.68. The fourth-order valence-corrected chi connectivity index (χ4v) is 1.16. The van der Waals surface area contributed by atoms with Crippen molar-refractivity contribution < 1.29 is 7.54 Å². The lowest BCUT2D eigenvalue weighted by atomic mass is 10.1. The highest BCUT2D eigenvalue weighted by Crippen LogP contribution is 2.17. The lowest BCUT2D eigenvalue weighted by Gasteiger charge is -1.98. The molecule has 0 unspecified atom stereocenters. The van der Waals surface area contributed by atoms with E-state index in [-0.39, 0.29) is 0 Å². The maximum Gasteiger partial charge on any atom is 0.231 e. The van der Waals surface area contributed by atoms with Crippen LogP contribution in [0.4, 0.5) is 0 Å². The van der Waals surface area contributed by atoms with Crippen LogP contribution in [0.15, 0.2) is 60.6 Å². The first-order valence-electron chi connectivity index (χ1n) is 5.35. The van der Waals surface area contributed by atoms with Crippen LogP contribution in [0.3, 0.4) is 0 Å². The molecule has 0 saturated carbocycles. The highest BCUT2D eigenvalue weighted by atomic mass is 16.1. The van der Waals surface area contributed by atoms with Gasteiger partial charge in [0.05, 0.1) is 2.74 Å². The minimum absolute atomic E-state index is 0.519. The molecular formula is C13H11NO. The van der Waals surface area contributed by atoms with E-state index in [1.807, 2.05) is 24.3 Å². The number of hydrogen-bond acceptors (Lipinski definition) is 2. The zero-order valence-electron chi connectivity index (χ0n) is 10.0. The van der Waals surface area contributed by atoms with Gasteiger partial charge in [-0.3, -0.25) is 0 Å². The maximum atomic E-state index is 8.35. The number of carbonyl (C=O) groups excluding carboxylic acids is 1. The van der Waals surface area contributed by atoms with Crippen molar-refractivity contribution >= 4 is 6.08 Å². The minimum atomic E-state index is 0.519. The molecule has 0 amide bonds. The number of hydrogen-bond donors (Lipinski definition) is 1. The number of isocyanates is 1. The van der Waals surface area contributed by atoms with Crippen molar-refractivity contribution in [2.45, 2.75) is 0 Å². The number of rotatable bonds is 1. The Morgan fingerprint density at radius 3 is 1.47 bits per heavy atom. The third kappa shape index (κ3) is 3.59. The summed E-state index contributed by atoms with van der Waals surface area (Å²) in [5, 5.41) is 5.40. The van der Waals surface area contributed by atoms with Crippen molar-refractivity contribution in [1.82, 2.24) is 0 Å². The van der Waals surface area contributed by atoms with E-state index in [2.05, 4.69) is 0 Å². The lowest BCUT2D eigenvalue weighted by Crippen LogP contribution is -1.73. The molecule has 74 valence electrons. The number of benzene rings is 2. The van der Waals surface area contributed by atoms with Crippen molar-refractivity contribution in [2.24, 2.45) is 0 Å². The van der Waals surface area contributed by atoms with Crippen molar-refractivity contribution in [3.05, 3.63) is 60.6 Å². The molecule has 0 spiro atoms. The molecule has 2 rings (SSSR count). The zero-order chi connectivity index (χ0) is 12.7. The van der Waals surface area contributed by atoms with Gasteiger partial charge < -0.3 is 0 Å². The van der Waals surface area contributed by atoms with Crippen molar-refractivity contribution in [3.63, 3.8) is 0 Å². The molecule has 0 aliphatic carbocycles. The van der Waals surface area contributed by atoms with Gasteiger partial charge in [0.25, 0.3) is 0 Å². The molecule has 0 radical (unpaired) electrons. The van der Waals surface area contributed by atoms with E-state index in [0.29, 0.717) is 12.1 Å². The Morgan fingerprint density at radius 1 is 0.933 bits per heavy atom. The van der Waals surface area contributed by atoms with E-state index in [0.717, 1.165) is 17.2 Å². The molecule has 0 fully saturated rings. The van der Waals surface area contributed by atoms with Crippen LogP contribution >= 0.6 is 0 Å². The van der Waals surface area contributed by atoms with Gasteiger partial charge in [-0.1, -0.05) is 60.6 Å². The summed E-state index contributed by atoms with van der Waals surface area (Å²) in [5.74, 6) is 0. The highest BCUT2D eigenvalue weighted by molar-refractivity contribution is 5.62. The van der Waals surface area contributed by atoms with Gasteiger partial charge in [0, 0.05) is 0 Å². The molecule has 2 aromatic carbocycles. The molecule has 0 aliphatic heterocycles. The van der Waals surface area contributed by atoms with Gasteiger partial charge in [0.1, 0.15) is 0 Å². The predicted octanol–water partition coefficient (Wildman–Crippen LogP) is 3.25. The van der Waals surface area contributed by atoms with Gasteiger partial charge in [-0.2, -0.15) is 0 Å². The molecule has 1 N–H and O–H groups in total. The van der Waals surface area contributed by atoms with Crippen molar-refractivity contribution in [1.29, 1.82) is 5.41 Å². The Balaban J connectivity index is 0.000000437. The van der Waals surface area contributed by atoms with E-state index in [1.165, 1.54) is 0 Å². The summed E-state index contributed by atoms with van der Waals surface area (Å²) in [4.78, 5) is 8.35. The first-order valence-corrected chi connectivity index (χ1v) is 4.35. The normalized spacial score (nSPS) is 10.1. The fraction of sp³-hybridized carbons (Fsp3) is 0. The third-order valence-electron chi connectivity index (χ3n) is 1.77. The molecule has 0 aromatic heterocycles. The second kappa shape index (κ2) is 6.30. The molecule has 0 atom stereocenters. The Morgan fingerprint density at radius 2 is 1.20 bits per heavy atom. The number of nitrogens with one attached hydrogen (secondary N) is 1. The molecule has 2 aromatic rings. The Bertz CT molecular complexity index is 456. The van der Waals surface area contributed by atoms with Crippen LogP contribution in [0.5, 0.6) is 0 Å². The smallest absolute Gasteiger partial charge is 0.222 e. The quantitative estimate of drug-likeness (QED) is 0.555. The molecular weight excluding hydrogens is 186 g/mol. The molecule has 2 nitrogen and oxygen atoms in total. The van der Waals surface area contributed by atoms with Crippen molar-refractivity contribution in [2.75, 3.05) is 0 Å². The molecule has 0 aliphatic rings. The Hall–Kier alpha value is -2.18. The monoisotopic (exact) mass is 199 g/mol. The first kappa shape index (κ1) is 8.16. The summed E-state index contributed by atoms with van der Waals surface area (Å²) in [6.07, 6.45) is 0.750. The lowest BCUT2D eigenvalue weighted by molar-refractivity contribution is 0.563. The van der Waals surface area contributed by atoms with Crippen LogP contribution < -0.4 is 0 Å². The summed E-state index contributed by atoms with van der Waals surface area (Å²) in [7, 11) is 0. The van der Waals surface area contributed by atoms with Crippen LogP contribution in [0.1, 0.15) is 2.74 Å². The van der Waals surface area contributed by atoms with Crippen LogP contribution in [-0.4, -0.2) is 6.08 Å². The third-order valence-corrected chi connectivity index (χ3v) is 1.77. The average molecular weight is 199 g/mol. The molecule has 0 heterocycles. The second-order valence-corrected chi connectivity index (χ2v) is 2.68. The standard InChI is InChI=1S/C12H10.CHNO/c1-3-7-11(8-4-1)12-9-5-2-6-10-12;2-1-3/h1-10H;2H/i1D,2D;. The SMILES string of the molecule is N=C=O.[2H]c1ccc(-c2ccc([2H])cc2)cc1. The van der Waals surface area contributed by atoms with Crippen LogP contribution in [-0.2, 0) is 4.79 Å². The summed E-state index contributed by atoms with van der Waals surface area (Å²) in [6, 6.07) is 15.8. The van der Waals surface area contributed by atoms with E-state index in [1.54, 1.807) is 24.3 Å². The van der Waals surface area contributed by atoms with Crippen LogP contribution in [0.2, 0.25) is 0 Å². The van der Waals surface area contributed by atoms with Crippen LogP contribution in [0.25, 0.3) is 11.1 Å². The van der Waals surface area contributed by atoms with E-state index < -0.39 is 0 Å². The summed E-state index contributed by atoms with van der Waals surface area (Å²) in [6.45, 7) is 0. The maximum absolute atomic E-state index is 8.35. The van der Waals surface area contributed by atoms with Crippen LogP contribution in [0, 0.1) is 5.41 Å². The minimum Gasteiger partial charge on any atom is -0.222 e. The average Bonchev–Trinajstić information content (AvgIpc) is 2.32. The predicted molar refractivity (Wildman–Crippen MR) is 60.3 cm³/mol. The van der Waals surface area contributed by atoms with Gasteiger partial charge in [0.2, 0.25) is 6.08 Å². The van der Waals surface area contributed by atoms with Gasteiger partial charge in [-0.15, -0.1) is 0 Å². The largest absolute Gasteiger partial charge is 0.231 e. The van der Waals surface area contributed by atoms with Gasteiger partial charge >= 0.3 is 0 Å². The van der Waals surface area contributed by atoms with Gasteiger partial charge in [-0.25, -0.2) is 10.2 Å². The molecule has 15 heavy (non-hydrogen) atoms. The van der Waals surface area contributed by atoms with Crippen molar-refractivity contribution in [3.8, 4) is 11.1 Å². The highest BCUT2D eigenvalue weighted by Gasteiger charge is 1.91. The first-order chi connectivity index (χ1) is 8.17. The zero-order valence-corrected chi connectivity index (χ0v) is 8.03. The van der Waals surface area contributed by atoms with E-state index in [4.69, 9.17) is 12.9 Å². The summed E-state index contributed by atoms with van der Waals surface area (Å²) in [5.41, 5.74) is 2.17.